The summed E-state index contributed by atoms with van der Waals surface area (Å²) in [6.45, 7) is 2.23. The summed E-state index contributed by atoms with van der Waals surface area (Å²) < 4.78 is 0. The molecule has 78 valence electrons. The molecule has 0 bridgehead atoms. The number of tetrazole rings is 1. The zero-order valence-electron chi connectivity index (χ0n) is 8.56. The van der Waals surface area contributed by atoms with Crippen molar-refractivity contribution in [1.82, 2.24) is 25.6 Å². The lowest BCUT2D eigenvalue weighted by Gasteiger charge is -2.20. The van der Waals surface area contributed by atoms with Gasteiger partial charge in [-0.05, 0) is 23.5 Å². The molecule has 3 N–H and O–H groups in total. The van der Waals surface area contributed by atoms with Gasteiger partial charge in [0, 0.05) is 12.5 Å². The molecular formula is C8H16N6. The predicted molar refractivity (Wildman–Crippen MR) is 51.0 cm³/mol. The molecule has 1 aromatic heterocycles. The Labute approximate surface area is 82.8 Å². The zero-order valence-corrected chi connectivity index (χ0v) is 8.56. The van der Waals surface area contributed by atoms with Gasteiger partial charge in [-0.15, -0.1) is 10.2 Å². The van der Waals surface area contributed by atoms with Crippen LogP contribution in [0.2, 0.25) is 0 Å². The highest BCUT2D eigenvalue weighted by Crippen LogP contribution is 2.48. The topological polar surface area (TPSA) is 81.7 Å². The lowest BCUT2D eigenvalue weighted by molar-refractivity contribution is 0.354. The van der Waals surface area contributed by atoms with Crippen LogP contribution in [-0.4, -0.2) is 26.2 Å². The molecule has 1 unspecified atom stereocenters. The van der Waals surface area contributed by atoms with Crippen molar-refractivity contribution in [3.8, 4) is 0 Å². The SMILES string of the molecule is Cn1nnc(CC(NN)C2(C)CC2)n1. The van der Waals surface area contributed by atoms with Gasteiger partial charge in [-0.25, -0.2) is 0 Å². The molecule has 6 heteroatoms. The van der Waals surface area contributed by atoms with Crippen LogP contribution < -0.4 is 11.3 Å². The molecule has 1 saturated carbocycles. The van der Waals surface area contributed by atoms with Crippen molar-refractivity contribution in [2.45, 2.75) is 32.2 Å². The van der Waals surface area contributed by atoms with E-state index in [2.05, 4.69) is 27.8 Å². The Morgan fingerprint density at radius 3 is 2.79 bits per heavy atom. The van der Waals surface area contributed by atoms with Crippen molar-refractivity contribution in [1.29, 1.82) is 0 Å². The fraction of sp³-hybridized carbons (Fsp3) is 0.875. The lowest BCUT2D eigenvalue weighted by atomic mass is 9.96. The second-order valence-electron chi connectivity index (χ2n) is 4.27. The molecular weight excluding hydrogens is 180 g/mol. The number of nitrogens with two attached hydrogens (primary N) is 1. The maximum atomic E-state index is 5.52. The van der Waals surface area contributed by atoms with E-state index >= 15 is 0 Å². The summed E-state index contributed by atoms with van der Waals surface area (Å²) in [6, 6.07) is 0.256. The van der Waals surface area contributed by atoms with Crippen molar-refractivity contribution in [2.24, 2.45) is 18.3 Å². The molecule has 14 heavy (non-hydrogen) atoms. The molecule has 0 aliphatic heterocycles. The van der Waals surface area contributed by atoms with Gasteiger partial charge in [0.1, 0.15) is 0 Å². The Bertz CT molecular complexity index is 315. The molecule has 0 spiro atoms. The minimum absolute atomic E-state index is 0.256. The fourth-order valence-corrected chi connectivity index (χ4v) is 1.64. The number of hydrogen-bond donors (Lipinski definition) is 2. The number of nitrogens with zero attached hydrogens (tertiary/aromatic N) is 4. The minimum atomic E-state index is 0.256. The van der Waals surface area contributed by atoms with Crippen LogP contribution in [0.3, 0.4) is 0 Å². The first-order valence-corrected chi connectivity index (χ1v) is 4.83. The Morgan fingerprint density at radius 2 is 2.36 bits per heavy atom. The maximum absolute atomic E-state index is 5.52. The van der Waals surface area contributed by atoms with Crippen LogP contribution in [0, 0.1) is 5.41 Å². The summed E-state index contributed by atoms with van der Waals surface area (Å²) in [5.41, 5.74) is 3.17. The number of aromatic nitrogens is 4. The van der Waals surface area contributed by atoms with Gasteiger partial charge in [-0.1, -0.05) is 6.92 Å². The second kappa shape index (κ2) is 3.29. The molecule has 1 atom stereocenters. The normalized spacial score (nSPS) is 20.8. The second-order valence-corrected chi connectivity index (χ2v) is 4.27. The molecule has 1 aromatic rings. The van der Waals surface area contributed by atoms with Gasteiger partial charge in [-0.2, -0.15) is 4.80 Å². The van der Waals surface area contributed by atoms with Crippen molar-refractivity contribution < 1.29 is 0 Å². The Morgan fingerprint density at radius 1 is 1.64 bits per heavy atom. The molecule has 1 aliphatic rings. The summed E-state index contributed by atoms with van der Waals surface area (Å²) in [4.78, 5) is 1.47. The van der Waals surface area contributed by atoms with Crippen molar-refractivity contribution in [3.63, 3.8) is 0 Å². The Kier molecular flexibility index (Phi) is 2.24. The van der Waals surface area contributed by atoms with Crippen LogP contribution in [0.5, 0.6) is 0 Å². The minimum Gasteiger partial charge on any atom is -0.271 e. The number of nitrogens with one attached hydrogen (secondary N) is 1. The zero-order chi connectivity index (χ0) is 10.2. The van der Waals surface area contributed by atoms with Gasteiger partial charge < -0.3 is 0 Å². The smallest absolute Gasteiger partial charge is 0.176 e. The maximum Gasteiger partial charge on any atom is 0.176 e. The van der Waals surface area contributed by atoms with E-state index in [9.17, 15) is 0 Å². The van der Waals surface area contributed by atoms with Gasteiger partial charge >= 0.3 is 0 Å². The summed E-state index contributed by atoms with van der Waals surface area (Å²) >= 11 is 0. The molecule has 1 fully saturated rings. The monoisotopic (exact) mass is 196 g/mol. The van der Waals surface area contributed by atoms with Crippen molar-refractivity contribution >= 4 is 0 Å². The lowest BCUT2D eigenvalue weighted by Crippen LogP contribution is -2.42. The third kappa shape index (κ3) is 1.76. The third-order valence-corrected chi connectivity index (χ3v) is 3.02. The third-order valence-electron chi connectivity index (χ3n) is 3.02. The van der Waals surface area contributed by atoms with Crippen LogP contribution in [0.15, 0.2) is 0 Å². The van der Waals surface area contributed by atoms with Crippen LogP contribution in [0.1, 0.15) is 25.6 Å². The van der Waals surface area contributed by atoms with E-state index in [-0.39, 0.29) is 6.04 Å². The number of hydrogen-bond acceptors (Lipinski definition) is 5. The highest BCUT2D eigenvalue weighted by Gasteiger charge is 2.44. The first kappa shape index (κ1) is 9.54. The van der Waals surface area contributed by atoms with Gasteiger partial charge in [0.15, 0.2) is 5.82 Å². The number of hydrazine groups is 1. The first-order chi connectivity index (χ1) is 6.64. The highest BCUT2D eigenvalue weighted by molar-refractivity contribution is 5.01. The highest BCUT2D eigenvalue weighted by atomic mass is 15.6. The largest absolute Gasteiger partial charge is 0.271 e. The van der Waals surface area contributed by atoms with Crippen LogP contribution >= 0.6 is 0 Å². The van der Waals surface area contributed by atoms with Gasteiger partial charge in [-0.3, -0.25) is 11.3 Å². The quantitative estimate of drug-likeness (QED) is 0.495. The standard InChI is InChI=1S/C8H16N6/c1-8(3-4-8)6(10-9)5-7-11-13-14(2)12-7/h6,10H,3-5,9H2,1-2H3. The summed E-state index contributed by atoms with van der Waals surface area (Å²) in [6.07, 6.45) is 3.20. The Balaban J connectivity index is 2.01. The van der Waals surface area contributed by atoms with Crippen LogP contribution in [-0.2, 0) is 13.5 Å². The van der Waals surface area contributed by atoms with Gasteiger partial charge in [0.25, 0.3) is 0 Å². The van der Waals surface area contributed by atoms with Crippen LogP contribution in [0.4, 0.5) is 0 Å². The number of rotatable bonds is 4. The van der Waals surface area contributed by atoms with E-state index in [1.54, 1.807) is 7.05 Å². The summed E-state index contributed by atoms with van der Waals surface area (Å²) in [5, 5.41) is 11.9. The predicted octanol–water partition coefficient (Wildman–Crippen LogP) is -0.615. The van der Waals surface area contributed by atoms with Gasteiger partial charge in [0.2, 0.25) is 0 Å². The molecule has 6 nitrogen and oxygen atoms in total. The molecule has 1 heterocycles. The van der Waals surface area contributed by atoms with Crippen molar-refractivity contribution in [2.75, 3.05) is 0 Å². The molecule has 0 radical (unpaired) electrons. The fourth-order valence-electron chi connectivity index (χ4n) is 1.64. The number of aryl methyl sites for hydroxylation is 1. The van der Waals surface area contributed by atoms with E-state index in [1.165, 1.54) is 17.6 Å². The molecule has 0 saturated heterocycles. The van der Waals surface area contributed by atoms with E-state index in [1.807, 2.05) is 0 Å². The van der Waals surface area contributed by atoms with E-state index in [4.69, 9.17) is 5.84 Å². The molecule has 0 amide bonds. The molecule has 2 rings (SSSR count). The van der Waals surface area contributed by atoms with Gasteiger partial charge in [0.05, 0.1) is 7.05 Å². The van der Waals surface area contributed by atoms with E-state index in [0.717, 1.165) is 12.2 Å². The summed E-state index contributed by atoms with van der Waals surface area (Å²) in [5.74, 6) is 6.27. The van der Waals surface area contributed by atoms with E-state index < -0.39 is 0 Å². The van der Waals surface area contributed by atoms with E-state index in [0.29, 0.717) is 5.41 Å². The Hall–Kier alpha value is -1.01. The average Bonchev–Trinajstić information content (AvgIpc) is 2.76. The molecule has 0 aromatic carbocycles. The van der Waals surface area contributed by atoms with Crippen LogP contribution in [0.25, 0.3) is 0 Å². The molecule has 1 aliphatic carbocycles. The summed E-state index contributed by atoms with van der Waals surface area (Å²) in [7, 11) is 1.76. The average molecular weight is 196 g/mol. The first-order valence-electron chi connectivity index (χ1n) is 4.83. The van der Waals surface area contributed by atoms with Crippen molar-refractivity contribution in [3.05, 3.63) is 5.82 Å².